The molecule has 0 amide bonds. The van der Waals surface area contributed by atoms with Gasteiger partial charge in [0, 0.05) is 38.1 Å². The molecule has 14 nitrogen and oxygen atoms in total. The molecule has 306 valence electrons. The summed E-state index contributed by atoms with van der Waals surface area (Å²) in [6, 6.07) is -1.23. The lowest BCUT2D eigenvalue weighted by Crippen LogP contribution is -2.62. The third kappa shape index (κ3) is 10.0. The number of rotatable bonds is 7. The Hall–Kier alpha value is -1.01. The van der Waals surface area contributed by atoms with Crippen LogP contribution in [-0.4, -0.2) is 161 Å². The van der Waals surface area contributed by atoms with Crippen molar-refractivity contribution in [1.82, 2.24) is 9.80 Å². The number of methoxy groups -OCH3 is 1. The van der Waals surface area contributed by atoms with Crippen LogP contribution in [0.25, 0.3) is 0 Å². The van der Waals surface area contributed by atoms with Crippen molar-refractivity contribution in [2.75, 3.05) is 34.8 Å². The van der Waals surface area contributed by atoms with Crippen molar-refractivity contribution >= 4 is 5.97 Å². The van der Waals surface area contributed by atoms with Crippen LogP contribution in [0.1, 0.15) is 94.9 Å². The molecule has 0 radical (unpaired) electrons. The zero-order valence-corrected chi connectivity index (χ0v) is 34.3. The number of hydrogen-bond donors (Lipinski definition) is 5. The second-order valence-electron chi connectivity index (χ2n) is 17.2. The van der Waals surface area contributed by atoms with Crippen LogP contribution >= 0.6 is 0 Å². The minimum absolute atomic E-state index is 0.128. The number of carbonyl (C=O) groups excluding carboxylic acids is 1. The lowest BCUT2D eigenvalue weighted by atomic mass is 9.77. The van der Waals surface area contributed by atoms with Gasteiger partial charge in [0.25, 0.3) is 0 Å². The van der Waals surface area contributed by atoms with E-state index < -0.39 is 95.9 Å². The molecule has 3 heterocycles. The van der Waals surface area contributed by atoms with Crippen LogP contribution in [0.4, 0.5) is 0 Å². The highest BCUT2D eigenvalue weighted by molar-refractivity contribution is 5.73. The monoisotopic (exact) mass is 748 g/mol. The second-order valence-corrected chi connectivity index (χ2v) is 17.2. The Balaban J connectivity index is 2.17. The van der Waals surface area contributed by atoms with Crippen molar-refractivity contribution in [2.45, 2.75) is 185 Å². The van der Waals surface area contributed by atoms with E-state index in [1.807, 2.05) is 72.5 Å². The van der Waals surface area contributed by atoms with E-state index in [1.165, 1.54) is 6.92 Å². The van der Waals surface area contributed by atoms with Gasteiger partial charge in [-0.3, -0.25) is 4.79 Å². The number of nitrogens with two attached hydrogens (primary N) is 1. The van der Waals surface area contributed by atoms with Crippen LogP contribution in [-0.2, 0) is 33.2 Å². The van der Waals surface area contributed by atoms with E-state index in [4.69, 9.17) is 34.2 Å². The first-order valence-electron chi connectivity index (χ1n) is 19.2. The number of esters is 1. The van der Waals surface area contributed by atoms with Gasteiger partial charge < -0.3 is 64.4 Å². The molecule has 18 atom stereocenters. The van der Waals surface area contributed by atoms with Crippen LogP contribution in [0.3, 0.4) is 0 Å². The van der Waals surface area contributed by atoms with E-state index in [0.29, 0.717) is 13.0 Å². The number of hydrogen-bond acceptors (Lipinski definition) is 14. The maximum absolute atomic E-state index is 14.2. The van der Waals surface area contributed by atoms with Gasteiger partial charge in [-0.25, -0.2) is 0 Å². The molecule has 0 bridgehead atoms. The van der Waals surface area contributed by atoms with Crippen molar-refractivity contribution < 1.29 is 53.6 Å². The van der Waals surface area contributed by atoms with E-state index in [2.05, 4.69) is 0 Å². The molecule has 3 aliphatic heterocycles. The highest BCUT2D eigenvalue weighted by Gasteiger charge is 2.52. The summed E-state index contributed by atoms with van der Waals surface area (Å²) in [5, 5.41) is 47.3. The Kier molecular flexibility index (Phi) is 15.6. The Morgan fingerprint density at radius 2 is 1.62 bits per heavy atom. The van der Waals surface area contributed by atoms with Crippen LogP contribution < -0.4 is 5.73 Å². The van der Waals surface area contributed by atoms with Gasteiger partial charge in [-0.15, -0.1) is 0 Å². The molecule has 0 aromatic heterocycles. The van der Waals surface area contributed by atoms with E-state index >= 15 is 0 Å². The zero-order chi connectivity index (χ0) is 39.7. The van der Waals surface area contributed by atoms with E-state index in [0.717, 1.165) is 0 Å². The molecule has 14 heteroatoms. The molecule has 3 rings (SSSR count). The van der Waals surface area contributed by atoms with Crippen molar-refractivity contribution in [2.24, 2.45) is 23.5 Å². The fourth-order valence-corrected chi connectivity index (χ4v) is 8.78. The molecule has 3 aliphatic rings. The van der Waals surface area contributed by atoms with Gasteiger partial charge in [-0.05, 0) is 94.8 Å². The summed E-state index contributed by atoms with van der Waals surface area (Å²) in [6.07, 6.45) is -6.64. The van der Waals surface area contributed by atoms with Gasteiger partial charge in [0.15, 0.2) is 12.6 Å². The number of carbonyl (C=O) groups is 1. The fraction of sp³-hybridized carbons (Fsp3) is 0.974. The summed E-state index contributed by atoms with van der Waals surface area (Å²) < 4.78 is 37.9. The van der Waals surface area contributed by atoms with Crippen molar-refractivity contribution in [1.29, 1.82) is 0 Å². The fourth-order valence-electron chi connectivity index (χ4n) is 8.78. The first-order chi connectivity index (χ1) is 23.9. The van der Waals surface area contributed by atoms with Crippen LogP contribution in [0, 0.1) is 17.8 Å². The van der Waals surface area contributed by atoms with Crippen LogP contribution in [0.2, 0.25) is 0 Å². The average molecular weight is 748 g/mol. The minimum atomic E-state index is -1.78. The lowest BCUT2D eigenvalue weighted by molar-refractivity contribution is -0.311. The van der Waals surface area contributed by atoms with E-state index in [1.54, 1.807) is 27.9 Å². The number of aliphatic hydroxyl groups is 4. The Labute approximate surface area is 312 Å². The summed E-state index contributed by atoms with van der Waals surface area (Å²) in [7, 11) is 7.23. The molecule has 0 saturated carbocycles. The van der Waals surface area contributed by atoms with Gasteiger partial charge in [0.1, 0.15) is 23.9 Å². The van der Waals surface area contributed by atoms with E-state index in [9.17, 15) is 25.2 Å². The molecule has 3 saturated heterocycles. The zero-order valence-electron chi connectivity index (χ0n) is 34.3. The molecule has 0 spiro atoms. The minimum Gasteiger partial charge on any atom is -0.459 e. The van der Waals surface area contributed by atoms with Gasteiger partial charge in [-0.1, -0.05) is 20.8 Å². The Morgan fingerprint density at radius 3 is 2.17 bits per heavy atom. The first kappa shape index (κ1) is 45.4. The third-order valence-electron chi connectivity index (χ3n) is 12.3. The third-order valence-corrected chi connectivity index (χ3v) is 12.3. The SMILES string of the molecule is CC[C@H]1OC(=O)[C@H](C)[C@@H](O[C@H]2C[C@@](C)(OC)C(N)[C@H](C)O2)[C@H](C)[C@@H](O[C@@H]2O[C@H](C)C[C@H](N(C)C)[C@H]2O)[C@](C)(O)C[C@@H](C)CN(C)[C@@H](C)[C@@H](O)[C@]1(C)O. The summed E-state index contributed by atoms with van der Waals surface area (Å²) in [4.78, 5) is 18.1. The second kappa shape index (κ2) is 17.8. The number of aliphatic hydroxyl groups excluding tert-OH is 2. The molecule has 3 fully saturated rings. The van der Waals surface area contributed by atoms with Gasteiger partial charge in [-0.2, -0.15) is 0 Å². The molecular formula is C38H73N3O11. The molecular weight excluding hydrogens is 674 g/mol. The molecule has 0 aromatic rings. The molecule has 0 aliphatic carbocycles. The summed E-state index contributed by atoms with van der Waals surface area (Å²) in [6.45, 7) is 18.4. The Morgan fingerprint density at radius 1 is 1.00 bits per heavy atom. The topological polar surface area (TPSA) is 186 Å². The summed E-state index contributed by atoms with van der Waals surface area (Å²) >= 11 is 0. The highest BCUT2D eigenvalue weighted by Crippen LogP contribution is 2.40. The number of likely N-dealkylation sites (N-methyl/N-ethyl adjacent to an activating group) is 2. The normalized spacial score (nSPS) is 49.6. The molecule has 52 heavy (non-hydrogen) atoms. The maximum atomic E-state index is 14.2. The first-order valence-corrected chi connectivity index (χ1v) is 19.2. The maximum Gasteiger partial charge on any atom is 0.311 e. The quantitative estimate of drug-likeness (QED) is 0.238. The van der Waals surface area contributed by atoms with Crippen molar-refractivity contribution in [3.8, 4) is 0 Å². The predicted octanol–water partition coefficient (Wildman–Crippen LogP) is 1.87. The highest BCUT2D eigenvalue weighted by atomic mass is 16.7. The van der Waals surface area contributed by atoms with Gasteiger partial charge in [0.2, 0.25) is 0 Å². The predicted molar refractivity (Wildman–Crippen MR) is 196 cm³/mol. The summed E-state index contributed by atoms with van der Waals surface area (Å²) in [5.41, 5.74) is 2.37. The summed E-state index contributed by atoms with van der Waals surface area (Å²) in [5.74, 6) is -2.48. The van der Waals surface area contributed by atoms with Gasteiger partial charge >= 0.3 is 5.97 Å². The van der Waals surface area contributed by atoms with Crippen LogP contribution in [0.15, 0.2) is 0 Å². The number of nitrogens with zero attached hydrogens (tertiary/aromatic N) is 2. The molecule has 0 aromatic carbocycles. The largest absolute Gasteiger partial charge is 0.459 e. The lowest BCUT2D eigenvalue weighted by Gasteiger charge is -2.49. The smallest absolute Gasteiger partial charge is 0.311 e. The Bertz CT molecular complexity index is 1150. The average Bonchev–Trinajstić information content (AvgIpc) is 3.05. The van der Waals surface area contributed by atoms with Crippen molar-refractivity contribution in [3.05, 3.63) is 0 Å². The van der Waals surface area contributed by atoms with E-state index in [-0.39, 0.29) is 37.3 Å². The molecule has 6 N–H and O–H groups in total. The number of ether oxygens (including phenoxy) is 6. The standard InChI is InChI=1S/C38H73N3O11/c1-15-27-38(10,46)32(43)24(6)41(13)19-20(2)17-36(8,45)33(52-35-29(42)26(40(11)12)16-21(3)48-35)22(4)30(23(5)34(44)50-27)51-28-18-37(9,47-14)31(39)25(7)49-28/h20-33,35,42-43,45-46H,15-19,39H2,1-14H3/t20-,21-,22+,23-,24+,25+,26+,27-,28+,29-,30+,31?,32-,33-,35+,36-,37-,38-/m1/s1. The van der Waals surface area contributed by atoms with Gasteiger partial charge in [0.05, 0.1) is 47.6 Å². The molecule has 1 unspecified atom stereocenters. The van der Waals surface area contributed by atoms with Crippen LogP contribution in [0.5, 0.6) is 0 Å². The number of cyclic esters (lactones) is 1. The van der Waals surface area contributed by atoms with Crippen molar-refractivity contribution in [3.63, 3.8) is 0 Å².